The van der Waals surface area contributed by atoms with E-state index >= 15 is 0 Å². The third kappa shape index (κ3) is 5.25. The van der Waals surface area contributed by atoms with Gasteiger partial charge in [0, 0.05) is 32.0 Å². The van der Waals surface area contributed by atoms with Crippen LogP contribution < -0.4 is 5.32 Å². The maximum Gasteiger partial charge on any atom is 0.410 e. The summed E-state index contributed by atoms with van der Waals surface area (Å²) < 4.78 is 6.97. The van der Waals surface area contributed by atoms with Crippen molar-refractivity contribution in [1.29, 1.82) is 0 Å². The molecular formula is C21H29N3O3. The third-order valence-electron chi connectivity index (χ3n) is 4.71. The van der Waals surface area contributed by atoms with E-state index in [0.29, 0.717) is 12.5 Å². The SMILES string of the molecule is CC(C)(C)OC(=O)N1CC(CCCCNC(=O)n2cc3ccccc3c2)C1. The highest BCUT2D eigenvalue weighted by Gasteiger charge is 2.32. The monoisotopic (exact) mass is 371 g/mol. The number of rotatable bonds is 5. The molecule has 0 saturated carbocycles. The second-order valence-corrected chi connectivity index (χ2v) is 8.27. The highest BCUT2D eigenvalue weighted by molar-refractivity contribution is 5.88. The highest BCUT2D eigenvalue weighted by atomic mass is 16.6. The van der Waals surface area contributed by atoms with Gasteiger partial charge in [0.05, 0.1) is 0 Å². The smallest absolute Gasteiger partial charge is 0.410 e. The minimum Gasteiger partial charge on any atom is -0.444 e. The fourth-order valence-electron chi connectivity index (χ4n) is 3.27. The zero-order valence-electron chi connectivity index (χ0n) is 16.4. The van der Waals surface area contributed by atoms with Crippen molar-refractivity contribution in [3.8, 4) is 0 Å². The normalized spacial score (nSPS) is 14.9. The Labute approximate surface area is 160 Å². The molecule has 1 fully saturated rings. The molecule has 2 heterocycles. The highest BCUT2D eigenvalue weighted by Crippen LogP contribution is 2.23. The molecule has 1 aliphatic rings. The van der Waals surface area contributed by atoms with Crippen LogP contribution in [0.15, 0.2) is 36.7 Å². The Morgan fingerprint density at radius 1 is 1.11 bits per heavy atom. The quantitative estimate of drug-likeness (QED) is 0.800. The van der Waals surface area contributed by atoms with Gasteiger partial charge in [-0.25, -0.2) is 9.59 Å². The first-order chi connectivity index (χ1) is 12.8. The van der Waals surface area contributed by atoms with E-state index in [-0.39, 0.29) is 12.1 Å². The van der Waals surface area contributed by atoms with Gasteiger partial charge in [-0.3, -0.25) is 4.57 Å². The lowest BCUT2D eigenvalue weighted by atomic mass is 9.94. The first-order valence-electron chi connectivity index (χ1n) is 9.65. The zero-order chi connectivity index (χ0) is 19.4. The molecule has 0 bridgehead atoms. The molecule has 1 aromatic carbocycles. The number of benzene rings is 1. The van der Waals surface area contributed by atoms with Crippen LogP contribution in [0.1, 0.15) is 40.0 Å². The summed E-state index contributed by atoms with van der Waals surface area (Å²) in [6.07, 6.45) is 6.54. The number of hydrogen-bond donors (Lipinski definition) is 1. The Balaban J connectivity index is 1.29. The van der Waals surface area contributed by atoms with Gasteiger partial charge in [-0.1, -0.05) is 30.7 Å². The van der Waals surface area contributed by atoms with Crippen LogP contribution in [-0.2, 0) is 4.74 Å². The maximum absolute atomic E-state index is 12.2. The zero-order valence-corrected chi connectivity index (χ0v) is 16.4. The van der Waals surface area contributed by atoms with Crippen LogP contribution in [0.25, 0.3) is 10.8 Å². The molecule has 6 nitrogen and oxygen atoms in total. The second kappa shape index (κ2) is 8.03. The van der Waals surface area contributed by atoms with Gasteiger partial charge in [0.25, 0.3) is 0 Å². The van der Waals surface area contributed by atoms with Crippen LogP contribution in [0.3, 0.4) is 0 Å². The predicted octanol–water partition coefficient (Wildman–Crippen LogP) is 4.24. The number of fused-ring (bicyclic) bond motifs is 1. The van der Waals surface area contributed by atoms with Crippen LogP contribution in [0.2, 0.25) is 0 Å². The van der Waals surface area contributed by atoms with Gasteiger partial charge in [-0.2, -0.15) is 0 Å². The number of carbonyl (C=O) groups excluding carboxylic acids is 2. The summed E-state index contributed by atoms with van der Waals surface area (Å²) >= 11 is 0. The van der Waals surface area contributed by atoms with Gasteiger partial charge < -0.3 is 15.0 Å². The maximum atomic E-state index is 12.2. The second-order valence-electron chi connectivity index (χ2n) is 8.27. The van der Waals surface area contributed by atoms with E-state index in [4.69, 9.17) is 4.74 Å². The molecule has 1 aliphatic heterocycles. The molecule has 146 valence electrons. The molecule has 3 rings (SSSR count). The van der Waals surface area contributed by atoms with Gasteiger partial charge in [0.2, 0.25) is 0 Å². The topological polar surface area (TPSA) is 63.6 Å². The number of nitrogens with one attached hydrogen (secondary N) is 1. The molecule has 27 heavy (non-hydrogen) atoms. The number of likely N-dealkylation sites (tertiary alicyclic amines) is 1. The van der Waals surface area contributed by atoms with Crippen LogP contribution in [0.4, 0.5) is 9.59 Å². The number of amides is 2. The van der Waals surface area contributed by atoms with E-state index in [0.717, 1.165) is 43.1 Å². The predicted molar refractivity (Wildman–Crippen MR) is 106 cm³/mol. The first-order valence-corrected chi connectivity index (χ1v) is 9.65. The van der Waals surface area contributed by atoms with Gasteiger partial charge in [-0.05, 0) is 50.3 Å². The average Bonchev–Trinajstić information content (AvgIpc) is 2.98. The Hall–Kier alpha value is -2.50. The Morgan fingerprint density at radius 3 is 2.33 bits per heavy atom. The van der Waals surface area contributed by atoms with Crippen LogP contribution >= 0.6 is 0 Å². The molecule has 1 aromatic heterocycles. The lowest BCUT2D eigenvalue weighted by Gasteiger charge is -2.39. The summed E-state index contributed by atoms with van der Waals surface area (Å²) in [7, 11) is 0. The summed E-state index contributed by atoms with van der Waals surface area (Å²) in [4.78, 5) is 25.9. The number of nitrogens with zero attached hydrogens (tertiary/aromatic N) is 2. The van der Waals surface area contributed by atoms with E-state index < -0.39 is 5.60 Å². The number of hydrogen-bond acceptors (Lipinski definition) is 3. The van der Waals surface area contributed by atoms with Gasteiger partial charge in [0.1, 0.15) is 5.60 Å². The van der Waals surface area contributed by atoms with Gasteiger partial charge >= 0.3 is 12.1 Å². The Bertz CT molecular complexity index is 767. The van der Waals surface area contributed by atoms with E-state index in [1.165, 1.54) is 0 Å². The average molecular weight is 371 g/mol. The van der Waals surface area contributed by atoms with Crippen molar-refractivity contribution in [1.82, 2.24) is 14.8 Å². The molecule has 1 saturated heterocycles. The summed E-state index contributed by atoms with van der Waals surface area (Å²) in [5.41, 5.74) is -0.439. The first kappa shape index (κ1) is 19.3. The standard InChI is InChI=1S/C21H29N3O3/c1-21(2,3)27-20(26)24-12-16(13-24)8-6-7-11-22-19(25)23-14-17-9-4-5-10-18(17)15-23/h4-5,9-10,14-16H,6-8,11-13H2,1-3H3,(H,22,25). The molecule has 0 atom stereocenters. The van der Waals surface area contributed by atoms with Crippen molar-refractivity contribution >= 4 is 22.9 Å². The van der Waals surface area contributed by atoms with Crippen molar-refractivity contribution in [2.24, 2.45) is 5.92 Å². The van der Waals surface area contributed by atoms with E-state index in [1.807, 2.05) is 57.4 Å². The molecule has 2 amide bonds. The van der Waals surface area contributed by atoms with E-state index in [2.05, 4.69) is 5.32 Å². The van der Waals surface area contributed by atoms with Crippen LogP contribution in [-0.4, -0.2) is 46.8 Å². The summed E-state index contributed by atoms with van der Waals surface area (Å²) in [6, 6.07) is 7.84. The number of ether oxygens (including phenoxy) is 1. The van der Waals surface area contributed by atoms with Crippen LogP contribution in [0.5, 0.6) is 0 Å². The number of aromatic nitrogens is 1. The van der Waals surface area contributed by atoms with Gasteiger partial charge in [0.15, 0.2) is 0 Å². The molecular weight excluding hydrogens is 342 g/mol. The molecule has 2 aromatic rings. The van der Waals surface area contributed by atoms with Crippen LogP contribution in [0, 0.1) is 5.92 Å². The third-order valence-corrected chi connectivity index (χ3v) is 4.71. The van der Waals surface area contributed by atoms with Crippen molar-refractivity contribution in [3.05, 3.63) is 36.7 Å². The molecule has 0 unspecified atom stereocenters. The van der Waals surface area contributed by atoms with E-state index in [1.54, 1.807) is 9.47 Å². The van der Waals surface area contributed by atoms with Crippen molar-refractivity contribution in [3.63, 3.8) is 0 Å². The fourth-order valence-corrected chi connectivity index (χ4v) is 3.27. The van der Waals surface area contributed by atoms with Crippen molar-refractivity contribution < 1.29 is 14.3 Å². The lowest BCUT2D eigenvalue weighted by molar-refractivity contribution is -0.00240. The van der Waals surface area contributed by atoms with Crippen molar-refractivity contribution in [2.45, 2.75) is 45.6 Å². The van der Waals surface area contributed by atoms with E-state index in [9.17, 15) is 9.59 Å². The molecule has 0 spiro atoms. The Morgan fingerprint density at radius 2 is 1.74 bits per heavy atom. The molecule has 1 N–H and O–H groups in total. The summed E-state index contributed by atoms with van der Waals surface area (Å²) in [5, 5.41) is 5.09. The summed E-state index contributed by atoms with van der Waals surface area (Å²) in [6.45, 7) is 7.86. The minimum atomic E-state index is -0.439. The lowest BCUT2D eigenvalue weighted by Crippen LogP contribution is -2.51. The fraction of sp³-hybridized carbons (Fsp3) is 0.524. The number of carbonyl (C=O) groups is 2. The van der Waals surface area contributed by atoms with Crippen molar-refractivity contribution in [2.75, 3.05) is 19.6 Å². The number of unbranched alkanes of at least 4 members (excludes halogenated alkanes) is 1. The summed E-state index contributed by atoms with van der Waals surface area (Å²) in [5.74, 6) is 0.544. The van der Waals surface area contributed by atoms with Gasteiger partial charge in [-0.15, -0.1) is 0 Å². The molecule has 6 heteroatoms. The minimum absolute atomic E-state index is 0.0917. The largest absolute Gasteiger partial charge is 0.444 e. The molecule has 0 radical (unpaired) electrons. The Kier molecular flexibility index (Phi) is 5.73. The molecule has 0 aliphatic carbocycles.